The van der Waals surface area contributed by atoms with E-state index in [1.165, 1.54) is 0 Å². The molecule has 0 aromatic heterocycles. The van der Waals surface area contributed by atoms with E-state index in [-0.39, 0.29) is 12.5 Å². The highest BCUT2D eigenvalue weighted by Crippen LogP contribution is 2.21. The number of halogens is 1. The molecule has 5 heteroatoms. The average molecular weight is 263 g/mol. The van der Waals surface area contributed by atoms with Crippen LogP contribution in [0.25, 0.3) is 0 Å². The molecule has 0 radical (unpaired) electrons. The zero-order valence-corrected chi connectivity index (χ0v) is 11.5. The number of carbonyl (C=O) groups is 1. The third kappa shape index (κ3) is 4.12. The number of hydrogen-bond donors (Lipinski definition) is 1. The Labute approximate surface area is 109 Å². The van der Waals surface area contributed by atoms with Crippen molar-refractivity contribution in [2.75, 3.05) is 45.2 Å². The van der Waals surface area contributed by atoms with Gasteiger partial charge in [0, 0.05) is 32.1 Å². The van der Waals surface area contributed by atoms with E-state index in [9.17, 15) is 4.79 Å². The number of amides is 1. The molecule has 1 aliphatic rings. The Morgan fingerprint density at radius 3 is 2.59 bits per heavy atom. The Kier molecular flexibility index (Phi) is 5.70. The van der Waals surface area contributed by atoms with Crippen LogP contribution in [0.1, 0.15) is 20.3 Å². The van der Waals surface area contributed by atoms with Gasteiger partial charge >= 0.3 is 0 Å². The van der Waals surface area contributed by atoms with Gasteiger partial charge < -0.3 is 10.0 Å². The van der Waals surface area contributed by atoms with Crippen molar-refractivity contribution >= 4 is 17.5 Å². The fourth-order valence-corrected chi connectivity index (χ4v) is 2.14. The van der Waals surface area contributed by atoms with Crippen LogP contribution in [0.2, 0.25) is 0 Å². The molecule has 1 fully saturated rings. The highest BCUT2D eigenvalue weighted by Gasteiger charge is 2.31. The van der Waals surface area contributed by atoms with Crippen LogP contribution < -0.4 is 0 Å². The zero-order chi connectivity index (χ0) is 12.9. The summed E-state index contributed by atoms with van der Waals surface area (Å²) in [4.78, 5) is 16.3. The van der Waals surface area contributed by atoms with Crippen LogP contribution in [0.15, 0.2) is 0 Å². The molecule has 0 unspecified atom stereocenters. The van der Waals surface area contributed by atoms with Gasteiger partial charge in [0.2, 0.25) is 5.91 Å². The molecule has 0 bridgehead atoms. The van der Waals surface area contributed by atoms with Gasteiger partial charge in [-0.2, -0.15) is 0 Å². The van der Waals surface area contributed by atoms with Gasteiger partial charge in [-0.25, -0.2) is 0 Å². The van der Waals surface area contributed by atoms with Gasteiger partial charge in [-0.15, -0.1) is 11.6 Å². The van der Waals surface area contributed by atoms with Crippen LogP contribution in [-0.2, 0) is 4.79 Å². The van der Waals surface area contributed by atoms with Gasteiger partial charge in [-0.3, -0.25) is 9.69 Å². The molecular formula is C12H23ClN2O2. The SMILES string of the molecule is CC(C)(CCl)C(=O)N1CCCN(CCO)CC1. The number of aliphatic hydroxyl groups is 1. The van der Waals surface area contributed by atoms with E-state index in [0.717, 1.165) is 32.6 Å². The molecule has 1 saturated heterocycles. The molecular weight excluding hydrogens is 240 g/mol. The molecule has 0 aromatic carbocycles. The number of hydrogen-bond acceptors (Lipinski definition) is 3. The van der Waals surface area contributed by atoms with Crippen LogP contribution in [0.5, 0.6) is 0 Å². The minimum Gasteiger partial charge on any atom is -0.395 e. The van der Waals surface area contributed by atoms with Crippen molar-refractivity contribution in [1.82, 2.24) is 9.80 Å². The van der Waals surface area contributed by atoms with Crippen molar-refractivity contribution in [2.24, 2.45) is 5.41 Å². The summed E-state index contributed by atoms with van der Waals surface area (Å²) < 4.78 is 0. The molecule has 1 N–H and O–H groups in total. The second-order valence-corrected chi connectivity index (χ2v) is 5.50. The Hall–Kier alpha value is -0.320. The monoisotopic (exact) mass is 262 g/mol. The molecule has 1 rings (SSSR count). The lowest BCUT2D eigenvalue weighted by molar-refractivity contribution is -0.139. The third-order valence-corrected chi connectivity index (χ3v) is 3.87. The Morgan fingerprint density at radius 2 is 2.00 bits per heavy atom. The van der Waals surface area contributed by atoms with Crippen LogP contribution in [-0.4, -0.2) is 66.0 Å². The summed E-state index contributed by atoms with van der Waals surface area (Å²) in [5.41, 5.74) is -0.478. The average Bonchev–Trinajstić information content (AvgIpc) is 2.54. The Morgan fingerprint density at radius 1 is 1.29 bits per heavy atom. The zero-order valence-electron chi connectivity index (χ0n) is 10.8. The van der Waals surface area contributed by atoms with Crippen LogP contribution >= 0.6 is 11.6 Å². The van der Waals surface area contributed by atoms with Crippen molar-refractivity contribution < 1.29 is 9.90 Å². The molecule has 17 heavy (non-hydrogen) atoms. The van der Waals surface area contributed by atoms with Gasteiger partial charge in [0.1, 0.15) is 0 Å². The summed E-state index contributed by atoms with van der Waals surface area (Å²) in [6, 6.07) is 0. The first-order valence-electron chi connectivity index (χ1n) is 6.20. The highest BCUT2D eigenvalue weighted by molar-refractivity contribution is 6.19. The van der Waals surface area contributed by atoms with E-state index in [4.69, 9.17) is 16.7 Å². The number of alkyl halides is 1. The maximum atomic E-state index is 12.2. The standard InChI is InChI=1S/C12H23ClN2O2/c1-12(2,10-13)11(17)15-5-3-4-14(6-7-15)8-9-16/h16H,3-10H2,1-2H3. The summed E-state index contributed by atoms with van der Waals surface area (Å²) >= 11 is 5.84. The van der Waals surface area contributed by atoms with E-state index in [0.29, 0.717) is 12.4 Å². The molecule has 0 atom stereocenters. The normalized spacial score (nSPS) is 19.2. The summed E-state index contributed by atoms with van der Waals surface area (Å²) in [5, 5.41) is 8.91. The molecule has 1 amide bonds. The van der Waals surface area contributed by atoms with Crippen molar-refractivity contribution in [3.8, 4) is 0 Å². The van der Waals surface area contributed by atoms with Crippen molar-refractivity contribution in [3.05, 3.63) is 0 Å². The topological polar surface area (TPSA) is 43.8 Å². The van der Waals surface area contributed by atoms with E-state index in [1.54, 1.807) is 0 Å². The predicted octanol–water partition coefficient (Wildman–Crippen LogP) is 0.778. The summed E-state index contributed by atoms with van der Waals surface area (Å²) in [7, 11) is 0. The van der Waals surface area contributed by atoms with Gasteiger partial charge in [-0.1, -0.05) is 0 Å². The van der Waals surface area contributed by atoms with E-state index >= 15 is 0 Å². The molecule has 4 nitrogen and oxygen atoms in total. The predicted molar refractivity (Wildman–Crippen MR) is 69.2 cm³/mol. The molecule has 100 valence electrons. The van der Waals surface area contributed by atoms with Gasteiger partial charge in [0.15, 0.2) is 0 Å². The number of carbonyl (C=O) groups excluding carboxylic acids is 1. The number of aliphatic hydroxyl groups excluding tert-OH is 1. The van der Waals surface area contributed by atoms with Crippen LogP contribution in [0.3, 0.4) is 0 Å². The minimum absolute atomic E-state index is 0.137. The lowest BCUT2D eigenvalue weighted by atomic mass is 9.94. The molecule has 1 heterocycles. The molecule has 0 aromatic rings. The van der Waals surface area contributed by atoms with Gasteiger partial charge in [-0.05, 0) is 26.8 Å². The molecule has 0 aliphatic carbocycles. The largest absolute Gasteiger partial charge is 0.395 e. The Balaban J connectivity index is 2.54. The number of nitrogens with zero attached hydrogens (tertiary/aromatic N) is 2. The van der Waals surface area contributed by atoms with Crippen molar-refractivity contribution in [2.45, 2.75) is 20.3 Å². The van der Waals surface area contributed by atoms with Crippen LogP contribution in [0.4, 0.5) is 0 Å². The Bertz CT molecular complexity index is 259. The molecule has 0 saturated carbocycles. The van der Waals surface area contributed by atoms with Gasteiger partial charge in [0.25, 0.3) is 0 Å². The lowest BCUT2D eigenvalue weighted by Crippen LogP contribution is -2.43. The van der Waals surface area contributed by atoms with Crippen molar-refractivity contribution in [1.29, 1.82) is 0 Å². The van der Waals surface area contributed by atoms with E-state index in [2.05, 4.69) is 4.90 Å². The maximum Gasteiger partial charge on any atom is 0.229 e. The maximum absolute atomic E-state index is 12.2. The molecule has 1 aliphatic heterocycles. The second kappa shape index (κ2) is 6.57. The first-order chi connectivity index (χ1) is 8.01. The smallest absolute Gasteiger partial charge is 0.229 e. The number of rotatable bonds is 4. The fraction of sp³-hybridized carbons (Fsp3) is 0.917. The first kappa shape index (κ1) is 14.7. The molecule has 0 spiro atoms. The first-order valence-corrected chi connectivity index (χ1v) is 6.73. The van der Waals surface area contributed by atoms with E-state index < -0.39 is 5.41 Å². The summed E-state index contributed by atoms with van der Waals surface area (Å²) in [5.74, 6) is 0.487. The van der Waals surface area contributed by atoms with Crippen molar-refractivity contribution in [3.63, 3.8) is 0 Å². The highest BCUT2D eigenvalue weighted by atomic mass is 35.5. The second-order valence-electron chi connectivity index (χ2n) is 5.23. The van der Waals surface area contributed by atoms with Gasteiger partial charge in [0.05, 0.1) is 12.0 Å². The number of β-amino-alcohol motifs (C(OH)–C–C–N with tert-alkyl or cyclic N) is 1. The fourth-order valence-electron chi connectivity index (χ4n) is 2.02. The summed E-state index contributed by atoms with van der Waals surface area (Å²) in [6.07, 6.45) is 0.962. The minimum atomic E-state index is -0.478. The third-order valence-electron chi connectivity index (χ3n) is 3.20. The summed E-state index contributed by atoms with van der Waals surface area (Å²) in [6.45, 7) is 7.97. The van der Waals surface area contributed by atoms with Crippen LogP contribution in [0, 0.1) is 5.41 Å². The quantitative estimate of drug-likeness (QED) is 0.762. The lowest BCUT2D eigenvalue weighted by Gasteiger charge is -2.29. The van der Waals surface area contributed by atoms with E-state index in [1.807, 2.05) is 18.7 Å².